The monoisotopic (exact) mass is 359 g/mol. The Morgan fingerprint density at radius 1 is 1.04 bits per heavy atom. The molecule has 26 heavy (non-hydrogen) atoms. The van der Waals surface area contributed by atoms with Crippen molar-refractivity contribution < 1.29 is 19.5 Å². The Labute approximate surface area is 152 Å². The van der Waals surface area contributed by atoms with Crippen LogP contribution in [0.15, 0.2) is 30.3 Å². The Kier molecular flexibility index (Phi) is 5.15. The number of hydrogen-bond donors (Lipinski definition) is 2. The number of nitrogens with two attached hydrogens (primary N) is 1. The van der Waals surface area contributed by atoms with E-state index in [0.29, 0.717) is 39.0 Å². The zero-order chi connectivity index (χ0) is 18.7. The second-order valence-corrected chi connectivity index (χ2v) is 7.20. The molecule has 3 amide bonds. The molecule has 0 bridgehead atoms. The maximum absolute atomic E-state index is 12.8. The van der Waals surface area contributed by atoms with E-state index in [1.807, 2.05) is 30.3 Å². The standard InChI is InChI=1S/C19H25N3O4/c20-18(26)22-10-4-5-14(13-22)16(23)21-11-8-19(9-12-21,17(24)25)15-6-2-1-3-7-15/h1-3,6-7,14H,4-5,8-13H2,(H2,20,26)(H,24,25)/t14-/m0/s1. The molecule has 0 spiro atoms. The van der Waals surface area contributed by atoms with E-state index in [2.05, 4.69) is 0 Å². The van der Waals surface area contributed by atoms with Crippen LogP contribution in [0.1, 0.15) is 31.2 Å². The molecular formula is C19H25N3O4. The Bertz CT molecular complexity index is 683. The molecule has 2 aliphatic rings. The van der Waals surface area contributed by atoms with Gasteiger partial charge >= 0.3 is 12.0 Å². The second kappa shape index (κ2) is 7.35. The first-order chi connectivity index (χ1) is 12.4. The van der Waals surface area contributed by atoms with Crippen molar-refractivity contribution in [3.63, 3.8) is 0 Å². The van der Waals surface area contributed by atoms with Gasteiger partial charge in [-0.1, -0.05) is 30.3 Å². The second-order valence-electron chi connectivity index (χ2n) is 7.20. The van der Waals surface area contributed by atoms with E-state index in [0.717, 1.165) is 18.4 Å². The van der Waals surface area contributed by atoms with Crippen LogP contribution in [0.3, 0.4) is 0 Å². The number of benzene rings is 1. The van der Waals surface area contributed by atoms with Gasteiger partial charge in [0.05, 0.1) is 11.3 Å². The molecule has 0 radical (unpaired) electrons. The van der Waals surface area contributed by atoms with Crippen LogP contribution >= 0.6 is 0 Å². The van der Waals surface area contributed by atoms with Gasteiger partial charge in [0.15, 0.2) is 0 Å². The zero-order valence-electron chi connectivity index (χ0n) is 14.8. The summed E-state index contributed by atoms with van der Waals surface area (Å²) in [6.07, 6.45) is 2.28. The minimum absolute atomic E-state index is 0.00278. The number of rotatable bonds is 3. The number of carboxylic acids is 1. The van der Waals surface area contributed by atoms with Gasteiger partial charge in [0, 0.05) is 26.2 Å². The van der Waals surface area contributed by atoms with Crippen LogP contribution in [-0.4, -0.2) is 59.0 Å². The Balaban J connectivity index is 1.68. The van der Waals surface area contributed by atoms with Crippen LogP contribution in [0.4, 0.5) is 4.79 Å². The number of urea groups is 1. The summed E-state index contributed by atoms with van der Waals surface area (Å²) >= 11 is 0. The van der Waals surface area contributed by atoms with Crippen molar-refractivity contribution >= 4 is 17.9 Å². The summed E-state index contributed by atoms with van der Waals surface area (Å²) in [5.74, 6) is -1.08. The molecular weight excluding hydrogens is 334 g/mol. The third kappa shape index (κ3) is 3.38. The van der Waals surface area contributed by atoms with Crippen molar-refractivity contribution in [2.24, 2.45) is 11.7 Å². The molecule has 7 heteroatoms. The number of piperidine rings is 2. The molecule has 2 fully saturated rings. The average molecular weight is 359 g/mol. The van der Waals surface area contributed by atoms with Crippen LogP contribution in [-0.2, 0) is 15.0 Å². The maximum Gasteiger partial charge on any atom is 0.314 e. The molecule has 0 aliphatic carbocycles. The summed E-state index contributed by atoms with van der Waals surface area (Å²) in [5, 5.41) is 9.85. The number of aliphatic carboxylic acids is 1. The van der Waals surface area contributed by atoms with Gasteiger partial charge in [0.2, 0.25) is 5.91 Å². The summed E-state index contributed by atoms with van der Waals surface area (Å²) < 4.78 is 0. The molecule has 1 atom stereocenters. The quantitative estimate of drug-likeness (QED) is 0.852. The maximum atomic E-state index is 12.8. The zero-order valence-corrected chi connectivity index (χ0v) is 14.8. The molecule has 7 nitrogen and oxygen atoms in total. The summed E-state index contributed by atoms with van der Waals surface area (Å²) in [6.45, 7) is 1.77. The highest BCUT2D eigenvalue weighted by atomic mass is 16.4. The predicted octanol–water partition coefficient (Wildman–Crippen LogP) is 1.42. The van der Waals surface area contributed by atoms with Gasteiger partial charge in [-0.25, -0.2) is 4.79 Å². The number of carbonyl (C=O) groups is 3. The molecule has 140 valence electrons. The number of likely N-dealkylation sites (tertiary alicyclic amines) is 2. The molecule has 2 aliphatic heterocycles. The van der Waals surface area contributed by atoms with Crippen molar-refractivity contribution in [2.75, 3.05) is 26.2 Å². The summed E-state index contributed by atoms with van der Waals surface area (Å²) in [4.78, 5) is 39.5. The first-order valence-electron chi connectivity index (χ1n) is 9.06. The summed E-state index contributed by atoms with van der Waals surface area (Å²) in [5.41, 5.74) is 5.19. The number of hydrogen-bond acceptors (Lipinski definition) is 3. The fourth-order valence-electron chi connectivity index (χ4n) is 4.13. The van der Waals surface area contributed by atoms with Crippen molar-refractivity contribution in [3.05, 3.63) is 35.9 Å². The predicted molar refractivity (Wildman–Crippen MR) is 95.5 cm³/mol. The third-order valence-electron chi connectivity index (χ3n) is 5.75. The van der Waals surface area contributed by atoms with Crippen LogP contribution in [0.2, 0.25) is 0 Å². The summed E-state index contributed by atoms with van der Waals surface area (Å²) in [7, 11) is 0. The van der Waals surface area contributed by atoms with Gasteiger partial charge < -0.3 is 20.6 Å². The first-order valence-corrected chi connectivity index (χ1v) is 9.06. The van der Waals surface area contributed by atoms with Gasteiger partial charge in [0.25, 0.3) is 0 Å². The molecule has 0 aromatic heterocycles. The first kappa shape index (κ1) is 18.2. The highest BCUT2D eigenvalue weighted by Gasteiger charge is 2.44. The largest absolute Gasteiger partial charge is 0.481 e. The van der Waals surface area contributed by atoms with Gasteiger partial charge in [0.1, 0.15) is 0 Å². The van der Waals surface area contributed by atoms with E-state index in [1.165, 1.54) is 4.90 Å². The Hall–Kier alpha value is -2.57. The smallest absolute Gasteiger partial charge is 0.314 e. The fourth-order valence-corrected chi connectivity index (χ4v) is 4.13. The van der Waals surface area contributed by atoms with Crippen molar-refractivity contribution in [1.82, 2.24) is 9.80 Å². The van der Waals surface area contributed by atoms with E-state index in [1.54, 1.807) is 4.90 Å². The molecule has 2 saturated heterocycles. The van der Waals surface area contributed by atoms with Crippen LogP contribution < -0.4 is 5.73 Å². The topological polar surface area (TPSA) is 104 Å². The number of nitrogens with zero attached hydrogens (tertiary/aromatic N) is 2. The molecule has 3 N–H and O–H groups in total. The molecule has 1 aromatic rings. The normalized spacial score (nSPS) is 22.7. The molecule has 3 rings (SSSR count). The minimum atomic E-state index is -0.941. The van der Waals surface area contributed by atoms with Crippen LogP contribution in [0.25, 0.3) is 0 Å². The van der Waals surface area contributed by atoms with Gasteiger partial charge in [-0.15, -0.1) is 0 Å². The van der Waals surface area contributed by atoms with E-state index in [-0.39, 0.29) is 11.8 Å². The van der Waals surface area contributed by atoms with Gasteiger partial charge in [-0.2, -0.15) is 0 Å². The molecule has 0 saturated carbocycles. The number of carboxylic acid groups (broad SMARTS) is 1. The number of carbonyl (C=O) groups excluding carboxylic acids is 2. The van der Waals surface area contributed by atoms with Crippen molar-refractivity contribution in [3.8, 4) is 0 Å². The highest BCUT2D eigenvalue weighted by molar-refractivity contribution is 5.84. The number of primary amides is 1. The van der Waals surface area contributed by atoms with Crippen molar-refractivity contribution in [1.29, 1.82) is 0 Å². The highest BCUT2D eigenvalue weighted by Crippen LogP contribution is 2.36. The molecule has 1 aromatic carbocycles. The lowest BCUT2D eigenvalue weighted by atomic mass is 9.72. The molecule has 2 heterocycles. The van der Waals surface area contributed by atoms with Gasteiger partial charge in [-0.3, -0.25) is 9.59 Å². The molecule has 0 unspecified atom stereocenters. The van der Waals surface area contributed by atoms with Gasteiger partial charge in [-0.05, 0) is 31.2 Å². The lowest BCUT2D eigenvalue weighted by Crippen LogP contribution is -2.53. The third-order valence-corrected chi connectivity index (χ3v) is 5.75. The van der Waals surface area contributed by atoms with Crippen LogP contribution in [0, 0.1) is 5.92 Å². The van der Waals surface area contributed by atoms with Crippen molar-refractivity contribution in [2.45, 2.75) is 31.1 Å². The Morgan fingerprint density at radius 2 is 1.69 bits per heavy atom. The lowest BCUT2D eigenvalue weighted by Gasteiger charge is -2.41. The lowest BCUT2D eigenvalue weighted by molar-refractivity contribution is -0.149. The summed E-state index contributed by atoms with van der Waals surface area (Å²) in [6, 6.07) is 8.76. The Morgan fingerprint density at radius 3 is 2.27 bits per heavy atom. The van der Waals surface area contributed by atoms with E-state index in [4.69, 9.17) is 5.73 Å². The average Bonchev–Trinajstić information content (AvgIpc) is 2.68. The number of amides is 3. The van der Waals surface area contributed by atoms with E-state index >= 15 is 0 Å². The fraction of sp³-hybridized carbons (Fsp3) is 0.526. The minimum Gasteiger partial charge on any atom is -0.481 e. The van der Waals surface area contributed by atoms with E-state index in [9.17, 15) is 19.5 Å². The SMILES string of the molecule is NC(=O)N1CCC[C@H](C(=O)N2CCC(C(=O)O)(c3ccccc3)CC2)C1. The van der Waals surface area contributed by atoms with Crippen LogP contribution in [0.5, 0.6) is 0 Å². The van der Waals surface area contributed by atoms with E-state index < -0.39 is 17.4 Å².